The molecule has 1 heterocycles. The molecular formula is C14H21N3O5S2. The third-order valence-corrected chi connectivity index (χ3v) is 6.95. The molecule has 24 heavy (non-hydrogen) atoms. The fraction of sp³-hybridized carbons (Fsp3) is 0.500. The molecule has 1 aromatic rings. The van der Waals surface area contributed by atoms with Crippen molar-refractivity contribution >= 4 is 31.6 Å². The molecule has 0 unspecified atom stereocenters. The van der Waals surface area contributed by atoms with Crippen LogP contribution in [-0.2, 0) is 20.0 Å². The standard InChI is InChI=1S/C14H21N3O5S2/c1-15-23(19,20)10-7-16-14(18)12-5-4-6-13(11-12)17-8-2-3-9-24(17,21)22/h4-6,11,15H,2-3,7-10H2,1H3,(H,16,18). The highest BCUT2D eigenvalue weighted by molar-refractivity contribution is 7.92. The summed E-state index contributed by atoms with van der Waals surface area (Å²) in [6.07, 6.45) is 1.41. The highest BCUT2D eigenvalue weighted by Gasteiger charge is 2.26. The molecule has 0 radical (unpaired) electrons. The summed E-state index contributed by atoms with van der Waals surface area (Å²) in [4.78, 5) is 12.1. The quantitative estimate of drug-likeness (QED) is 0.721. The van der Waals surface area contributed by atoms with Gasteiger partial charge in [-0.1, -0.05) is 6.07 Å². The Kier molecular flexibility index (Phi) is 5.83. The summed E-state index contributed by atoms with van der Waals surface area (Å²) in [7, 11) is -5.43. The molecule has 0 saturated carbocycles. The third kappa shape index (κ3) is 4.68. The molecule has 10 heteroatoms. The Hall–Kier alpha value is -1.65. The average molecular weight is 375 g/mol. The van der Waals surface area contributed by atoms with Crippen LogP contribution in [0.3, 0.4) is 0 Å². The van der Waals surface area contributed by atoms with E-state index in [0.29, 0.717) is 18.7 Å². The summed E-state index contributed by atoms with van der Waals surface area (Å²) < 4.78 is 50.4. The molecular weight excluding hydrogens is 354 g/mol. The number of carbonyl (C=O) groups excluding carboxylic acids is 1. The lowest BCUT2D eigenvalue weighted by Crippen LogP contribution is -2.38. The lowest BCUT2D eigenvalue weighted by atomic mass is 10.2. The predicted molar refractivity (Wildman–Crippen MR) is 92.0 cm³/mol. The fourth-order valence-corrected chi connectivity index (χ4v) is 4.59. The lowest BCUT2D eigenvalue weighted by molar-refractivity contribution is 0.0956. The van der Waals surface area contributed by atoms with E-state index in [4.69, 9.17) is 0 Å². The van der Waals surface area contributed by atoms with Crippen molar-refractivity contribution in [1.82, 2.24) is 10.0 Å². The maximum absolute atomic E-state index is 12.1. The van der Waals surface area contributed by atoms with E-state index in [1.54, 1.807) is 18.2 Å². The summed E-state index contributed by atoms with van der Waals surface area (Å²) in [5.74, 6) is -0.571. The fourth-order valence-electron chi connectivity index (χ4n) is 2.38. The lowest BCUT2D eigenvalue weighted by Gasteiger charge is -2.28. The average Bonchev–Trinajstić information content (AvgIpc) is 2.54. The molecule has 8 nitrogen and oxygen atoms in total. The van der Waals surface area contributed by atoms with E-state index in [2.05, 4.69) is 10.0 Å². The number of hydrogen-bond donors (Lipinski definition) is 2. The Bertz CT molecular complexity index is 805. The minimum Gasteiger partial charge on any atom is -0.351 e. The number of amides is 1. The molecule has 0 aromatic heterocycles. The van der Waals surface area contributed by atoms with Gasteiger partial charge >= 0.3 is 0 Å². The van der Waals surface area contributed by atoms with E-state index >= 15 is 0 Å². The molecule has 2 rings (SSSR count). The number of anilines is 1. The second-order valence-electron chi connectivity index (χ2n) is 5.42. The van der Waals surface area contributed by atoms with Crippen LogP contribution in [0.4, 0.5) is 5.69 Å². The molecule has 1 aliphatic rings. The van der Waals surface area contributed by atoms with Gasteiger partial charge in [0.25, 0.3) is 5.91 Å². The first-order valence-corrected chi connectivity index (χ1v) is 10.8. The van der Waals surface area contributed by atoms with Gasteiger partial charge in [0.2, 0.25) is 20.0 Å². The first-order valence-electron chi connectivity index (χ1n) is 7.55. The Balaban J connectivity index is 2.08. The summed E-state index contributed by atoms with van der Waals surface area (Å²) in [5.41, 5.74) is 0.736. The first kappa shape index (κ1) is 18.7. The van der Waals surface area contributed by atoms with Crippen LogP contribution >= 0.6 is 0 Å². The third-order valence-electron chi connectivity index (χ3n) is 3.71. The maximum Gasteiger partial charge on any atom is 0.251 e. The van der Waals surface area contributed by atoms with Gasteiger partial charge < -0.3 is 5.32 Å². The zero-order chi connectivity index (χ0) is 17.8. The van der Waals surface area contributed by atoms with Gasteiger partial charge in [0, 0.05) is 18.7 Å². The second kappa shape index (κ2) is 7.49. The Morgan fingerprint density at radius 1 is 1.29 bits per heavy atom. The van der Waals surface area contributed by atoms with Crippen LogP contribution < -0.4 is 14.3 Å². The van der Waals surface area contributed by atoms with E-state index in [9.17, 15) is 21.6 Å². The molecule has 2 N–H and O–H groups in total. The zero-order valence-corrected chi connectivity index (χ0v) is 15.0. The van der Waals surface area contributed by atoms with E-state index in [1.807, 2.05) is 0 Å². The normalized spacial score (nSPS) is 17.5. The van der Waals surface area contributed by atoms with E-state index < -0.39 is 26.0 Å². The minimum atomic E-state index is -3.39. The van der Waals surface area contributed by atoms with Crippen molar-refractivity contribution in [1.29, 1.82) is 0 Å². The van der Waals surface area contributed by atoms with Crippen molar-refractivity contribution in [3.8, 4) is 0 Å². The molecule has 0 aliphatic carbocycles. The van der Waals surface area contributed by atoms with Gasteiger partial charge in [0.05, 0.1) is 17.2 Å². The SMILES string of the molecule is CNS(=O)(=O)CCNC(=O)c1cccc(N2CCCCS2(=O)=O)c1. The van der Waals surface area contributed by atoms with Gasteiger partial charge in [-0.2, -0.15) is 0 Å². The molecule has 1 aliphatic heterocycles. The van der Waals surface area contributed by atoms with Crippen molar-refractivity contribution in [2.24, 2.45) is 0 Å². The number of sulfonamides is 2. The van der Waals surface area contributed by atoms with Crippen LogP contribution in [0.25, 0.3) is 0 Å². The number of carbonyl (C=O) groups is 1. The van der Waals surface area contributed by atoms with Gasteiger partial charge in [-0.3, -0.25) is 9.10 Å². The van der Waals surface area contributed by atoms with Crippen molar-refractivity contribution in [2.75, 3.05) is 35.9 Å². The first-order chi connectivity index (χ1) is 11.2. The highest BCUT2D eigenvalue weighted by Crippen LogP contribution is 2.24. The van der Waals surface area contributed by atoms with Crippen LogP contribution in [0.5, 0.6) is 0 Å². The van der Waals surface area contributed by atoms with Crippen LogP contribution in [0, 0.1) is 0 Å². The number of benzene rings is 1. The van der Waals surface area contributed by atoms with Gasteiger partial charge in [0.1, 0.15) is 0 Å². The number of nitrogens with one attached hydrogen (secondary N) is 2. The summed E-state index contributed by atoms with van der Waals surface area (Å²) in [5, 5.41) is 2.51. The second-order valence-corrected chi connectivity index (χ2v) is 9.48. The molecule has 0 bridgehead atoms. The monoisotopic (exact) mass is 375 g/mol. The van der Waals surface area contributed by atoms with E-state index in [1.165, 1.54) is 17.4 Å². The minimum absolute atomic E-state index is 0.0335. The van der Waals surface area contributed by atoms with Gasteiger partial charge in [-0.25, -0.2) is 21.6 Å². The summed E-state index contributed by atoms with van der Waals surface area (Å²) in [6, 6.07) is 6.32. The summed E-state index contributed by atoms with van der Waals surface area (Å²) >= 11 is 0. The van der Waals surface area contributed by atoms with E-state index in [-0.39, 0.29) is 23.6 Å². The van der Waals surface area contributed by atoms with Crippen molar-refractivity contribution in [2.45, 2.75) is 12.8 Å². The molecule has 1 amide bonds. The van der Waals surface area contributed by atoms with Crippen molar-refractivity contribution in [3.05, 3.63) is 29.8 Å². The predicted octanol–water partition coefficient (Wildman–Crippen LogP) is -0.104. The van der Waals surface area contributed by atoms with Crippen LogP contribution in [0.1, 0.15) is 23.2 Å². The Labute approximate surface area is 142 Å². The van der Waals surface area contributed by atoms with Crippen LogP contribution in [0.2, 0.25) is 0 Å². The van der Waals surface area contributed by atoms with Crippen LogP contribution in [0.15, 0.2) is 24.3 Å². The Morgan fingerprint density at radius 3 is 2.71 bits per heavy atom. The van der Waals surface area contributed by atoms with Gasteiger partial charge in [-0.05, 0) is 38.1 Å². The van der Waals surface area contributed by atoms with Crippen molar-refractivity contribution in [3.63, 3.8) is 0 Å². The van der Waals surface area contributed by atoms with Crippen molar-refractivity contribution < 1.29 is 21.6 Å². The molecule has 1 fully saturated rings. The smallest absolute Gasteiger partial charge is 0.251 e. The highest BCUT2D eigenvalue weighted by atomic mass is 32.2. The maximum atomic E-state index is 12.1. The Morgan fingerprint density at radius 2 is 2.04 bits per heavy atom. The molecule has 0 spiro atoms. The van der Waals surface area contributed by atoms with Gasteiger partial charge in [0.15, 0.2) is 0 Å². The molecule has 1 saturated heterocycles. The summed E-state index contributed by atoms with van der Waals surface area (Å²) in [6.45, 7) is 0.363. The number of hydrogen-bond acceptors (Lipinski definition) is 5. The molecule has 0 atom stereocenters. The number of rotatable bonds is 6. The van der Waals surface area contributed by atoms with Crippen LogP contribution in [-0.4, -0.2) is 54.4 Å². The zero-order valence-electron chi connectivity index (χ0n) is 13.4. The molecule has 1 aromatic carbocycles. The number of nitrogens with zero attached hydrogens (tertiary/aromatic N) is 1. The van der Waals surface area contributed by atoms with Gasteiger partial charge in [-0.15, -0.1) is 0 Å². The molecule has 134 valence electrons. The topological polar surface area (TPSA) is 113 Å². The largest absolute Gasteiger partial charge is 0.351 e. The van der Waals surface area contributed by atoms with E-state index in [0.717, 1.165) is 6.42 Å².